The van der Waals surface area contributed by atoms with Crippen molar-refractivity contribution >= 4 is 0 Å². The highest BCUT2D eigenvalue weighted by atomic mass is 16.5. The predicted octanol–water partition coefficient (Wildman–Crippen LogP) is 6.71. The molecule has 144 valence electrons. The molecule has 0 amide bonds. The largest absolute Gasteiger partial charge is 0.385 e. The molecule has 6 unspecified atom stereocenters. The molecule has 1 heteroatoms. The van der Waals surface area contributed by atoms with Gasteiger partial charge < -0.3 is 4.74 Å². The second kappa shape index (κ2) is 7.53. The van der Waals surface area contributed by atoms with E-state index < -0.39 is 0 Å². The van der Waals surface area contributed by atoms with E-state index in [-0.39, 0.29) is 0 Å². The molecule has 8 atom stereocenters. The van der Waals surface area contributed by atoms with Crippen molar-refractivity contribution in [3.8, 4) is 0 Å². The Balaban J connectivity index is 1.43. The third-order valence-electron chi connectivity index (χ3n) is 9.74. The van der Waals surface area contributed by atoms with Crippen molar-refractivity contribution in [2.24, 2.45) is 46.8 Å². The minimum Gasteiger partial charge on any atom is -0.385 e. The van der Waals surface area contributed by atoms with E-state index in [1.807, 2.05) is 7.11 Å². The van der Waals surface area contributed by atoms with Crippen molar-refractivity contribution in [1.82, 2.24) is 0 Å². The Morgan fingerprint density at radius 3 is 2.56 bits per heavy atom. The van der Waals surface area contributed by atoms with Gasteiger partial charge in [0.15, 0.2) is 0 Å². The van der Waals surface area contributed by atoms with Gasteiger partial charge in [0.25, 0.3) is 0 Å². The van der Waals surface area contributed by atoms with Gasteiger partial charge in [-0.1, -0.05) is 26.7 Å². The fourth-order valence-corrected chi connectivity index (χ4v) is 8.38. The summed E-state index contributed by atoms with van der Waals surface area (Å²) in [5, 5.41) is 0. The topological polar surface area (TPSA) is 9.23 Å². The first-order valence-electron chi connectivity index (χ1n) is 11.7. The van der Waals surface area contributed by atoms with Gasteiger partial charge in [0.1, 0.15) is 0 Å². The molecular weight excluding hydrogens is 304 g/mol. The minimum absolute atomic E-state index is 0.669. The van der Waals surface area contributed by atoms with Crippen molar-refractivity contribution in [3.05, 3.63) is 0 Å². The summed E-state index contributed by atoms with van der Waals surface area (Å²) in [6.07, 6.45) is 18.1. The Kier molecular flexibility index (Phi) is 5.52. The molecule has 0 aromatic heterocycles. The summed E-state index contributed by atoms with van der Waals surface area (Å²) in [6, 6.07) is 0. The van der Waals surface area contributed by atoms with Gasteiger partial charge in [-0.05, 0) is 111 Å². The van der Waals surface area contributed by atoms with Crippen molar-refractivity contribution in [3.63, 3.8) is 0 Å². The van der Waals surface area contributed by atoms with Crippen LogP contribution in [-0.2, 0) is 4.74 Å². The van der Waals surface area contributed by atoms with Crippen LogP contribution in [0.3, 0.4) is 0 Å². The molecule has 0 aromatic carbocycles. The molecule has 4 aliphatic carbocycles. The van der Waals surface area contributed by atoms with Crippen molar-refractivity contribution in [1.29, 1.82) is 0 Å². The second-order valence-electron chi connectivity index (χ2n) is 10.5. The first-order valence-corrected chi connectivity index (χ1v) is 11.7. The molecule has 0 aromatic rings. The lowest BCUT2D eigenvalue weighted by atomic mass is 9.49. The van der Waals surface area contributed by atoms with Crippen LogP contribution in [0.4, 0.5) is 0 Å². The molecule has 0 saturated heterocycles. The van der Waals surface area contributed by atoms with E-state index in [2.05, 4.69) is 13.8 Å². The zero-order valence-electron chi connectivity index (χ0n) is 17.1. The molecule has 25 heavy (non-hydrogen) atoms. The minimum atomic E-state index is 0.669. The van der Waals surface area contributed by atoms with Gasteiger partial charge in [-0.15, -0.1) is 0 Å². The van der Waals surface area contributed by atoms with Gasteiger partial charge in [-0.3, -0.25) is 0 Å². The fourth-order valence-electron chi connectivity index (χ4n) is 8.38. The summed E-state index contributed by atoms with van der Waals surface area (Å²) in [6.45, 7) is 6.08. The number of fused-ring (bicyclic) bond motifs is 5. The highest BCUT2D eigenvalue weighted by molar-refractivity contribution is 5.05. The highest BCUT2D eigenvalue weighted by Gasteiger charge is 2.56. The van der Waals surface area contributed by atoms with E-state index in [0.717, 1.165) is 48.0 Å². The monoisotopic (exact) mass is 346 g/mol. The summed E-state index contributed by atoms with van der Waals surface area (Å²) in [5.74, 6) is 7.51. The zero-order chi connectivity index (χ0) is 17.4. The second-order valence-corrected chi connectivity index (χ2v) is 10.5. The summed E-state index contributed by atoms with van der Waals surface area (Å²) in [4.78, 5) is 0. The Labute approximate surface area is 156 Å². The summed E-state index contributed by atoms with van der Waals surface area (Å²) >= 11 is 0. The van der Waals surface area contributed by atoms with Gasteiger partial charge >= 0.3 is 0 Å². The van der Waals surface area contributed by atoms with Crippen LogP contribution in [0.25, 0.3) is 0 Å². The number of hydrogen-bond donors (Lipinski definition) is 0. The van der Waals surface area contributed by atoms with Gasteiger partial charge in [-0.2, -0.15) is 0 Å². The maximum Gasteiger partial charge on any atom is 0.0462 e. The number of rotatable bonds is 5. The maximum atomic E-state index is 5.33. The summed E-state index contributed by atoms with van der Waals surface area (Å²) in [5.41, 5.74) is 0.669. The van der Waals surface area contributed by atoms with Gasteiger partial charge in [0.2, 0.25) is 0 Å². The van der Waals surface area contributed by atoms with Crippen molar-refractivity contribution in [2.75, 3.05) is 13.7 Å². The molecule has 0 spiro atoms. The Morgan fingerprint density at radius 2 is 1.76 bits per heavy atom. The van der Waals surface area contributed by atoms with Crippen LogP contribution < -0.4 is 0 Å². The van der Waals surface area contributed by atoms with E-state index in [4.69, 9.17) is 4.74 Å². The molecule has 0 N–H and O–H groups in total. The smallest absolute Gasteiger partial charge is 0.0462 e. The van der Waals surface area contributed by atoms with Gasteiger partial charge in [0.05, 0.1) is 0 Å². The molecule has 4 fully saturated rings. The van der Waals surface area contributed by atoms with Crippen LogP contribution in [0.1, 0.15) is 90.9 Å². The number of hydrogen-bond acceptors (Lipinski definition) is 1. The molecule has 0 heterocycles. The highest BCUT2D eigenvalue weighted by Crippen LogP contribution is 2.65. The van der Waals surface area contributed by atoms with Crippen LogP contribution in [-0.4, -0.2) is 13.7 Å². The molecule has 4 saturated carbocycles. The number of methoxy groups -OCH3 is 1. The Hall–Kier alpha value is -0.0400. The lowest BCUT2D eigenvalue weighted by molar-refractivity contribution is -0.0694. The predicted molar refractivity (Wildman–Crippen MR) is 105 cm³/mol. The van der Waals surface area contributed by atoms with Crippen LogP contribution >= 0.6 is 0 Å². The first kappa shape index (κ1) is 18.3. The van der Waals surface area contributed by atoms with Crippen molar-refractivity contribution in [2.45, 2.75) is 90.9 Å². The van der Waals surface area contributed by atoms with E-state index in [0.29, 0.717) is 5.41 Å². The van der Waals surface area contributed by atoms with E-state index in [1.54, 1.807) is 44.9 Å². The zero-order valence-corrected chi connectivity index (χ0v) is 17.1. The maximum absolute atomic E-state index is 5.33. The standard InChI is InChI=1S/C24H42O/c1-4-17-7-10-20-18(16-17)8-11-22-21(20)13-14-24(2)19(6-5-15-25-3)9-12-23(22)24/h17-23H,4-16H2,1-3H3/t17-,18?,19?,20?,21?,22?,23?,24+/m0/s1. The summed E-state index contributed by atoms with van der Waals surface area (Å²) < 4.78 is 5.33. The van der Waals surface area contributed by atoms with Crippen LogP contribution in [0.15, 0.2) is 0 Å². The first-order chi connectivity index (χ1) is 12.2. The van der Waals surface area contributed by atoms with Crippen LogP contribution in [0, 0.1) is 46.8 Å². The van der Waals surface area contributed by atoms with Crippen LogP contribution in [0.5, 0.6) is 0 Å². The molecule has 0 bridgehead atoms. The molecule has 4 rings (SSSR count). The summed E-state index contributed by atoms with van der Waals surface area (Å²) in [7, 11) is 1.86. The van der Waals surface area contributed by atoms with E-state index in [1.165, 1.54) is 32.1 Å². The van der Waals surface area contributed by atoms with E-state index >= 15 is 0 Å². The number of ether oxygens (including phenoxy) is 1. The molecule has 1 nitrogen and oxygen atoms in total. The van der Waals surface area contributed by atoms with E-state index in [9.17, 15) is 0 Å². The lowest BCUT2D eigenvalue weighted by Crippen LogP contribution is -2.48. The Bertz CT molecular complexity index is 445. The fraction of sp³-hybridized carbons (Fsp3) is 1.00. The van der Waals surface area contributed by atoms with Crippen LogP contribution in [0.2, 0.25) is 0 Å². The molecule has 0 aliphatic heterocycles. The molecule has 4 aliphatic rings. The van der Waals surface area contributed by atoms with Gasteiger partial charge in [-0.25, -0.2) is 0 Å². The SMILES string of the molecule is CC[C@H]1CCC2C(CCC3C2CC[C@]2(C)C(CCCOC)CCC32)C1. The van der Waals surface area contributed by atoms with Gasteiger partial charge in [0, 0.05) is 13.7 Å². The third-order valence-corrected chi connectivity index (χ3v) is 9.74. The molecule has 0 radical (unpaired) electrons. The third kappa shape index (κ3) is 3.21. The normalized spacial score (nSPS) is 49.3. The van der Waals surface area contributed by atoms with Crippen molar-refractivity contribution < 1.29 is 4.74 Å². The average molecular weight is 347 g/mol. The lowest BCUT2D eigenvalue weighted by Gasteiger charge is -2.56. The Morgan fingerprint density at radius 1 is 0.920 bits per heavy atom. The average Bonchev–Trinajstić information content (AvgIpc) is 2.98. The quantitative estimate of drug-likeness (QED) is 0.503. The molecular formula is C24H42O.